The summed E-state index contributed by atoms with van der Waals surface area (Å²) in [5.74, 6) is 0.105. The highest BCUT2D eigenvalue weighted by Gasteiger charge is 2.09. The van der Waals surface area contributed by atoms with Gasteiger partial charge in [-0.25, -0.2) is 0 Å². The Labute approximate surface area is 142 Å². The van der Waals surface area contributed by atoms with Gasteiger partial charge < -0.3 is 15.4 Å². The molecular formula is C19H22N2O3. The number of nitrogens with one attached hydrogen (secondary N) is 2. The van der Waals surface area contributed by atoms with E-state index in [1.165, 1.54) is 0 Å². The van der Waals surface area contributed by atoms with Crippen molar-refractivity contribution in [1.82, 2.24) is 10.6 Å². The summed E-state index contributed by atoms with van der Waals surface area (Å²) in [7, 11) is 0. The SMILES string of the molecule is CCCNC(=O)CNC(=O)COc1ccccc1-c1ccccc1. The minimum absolute atomic E-state index is 0.0392. The van der Waals surface area contributed by atoms with Gasteiger partial charge in [-0.05, 0) is 18.1 Å². The molecule has 0 unspecified atom stereocenters. The number of hydrogen-bond acceptors (Lipinski definition) is 3. The van der Waals surface area contributed by atoms with E-state index in [0.29, 0.717) is 12.3 Å². The molecule has 0 bridgehead atoms. The van der Waals surface area contributed by atoms with Crippen molar-refractivity contribution in [2.75, 3.05) is 19.7 Å². The quantitative estimate of drug-likeness (QED) is 0.782. The Morgan fingerprint density at radius 3 is 2.38 bits per heavy atom. The fourth-order valence-electron chi connectivity index (χ4n) is 2.15. The molecule has 0 aliphatic heterocycles. The predicted molar refractivity (Wildman–Crippen MR) is 93.7 cm³/mol. The van der Waals surface area contributed by atoms with Crippen LogP contribution in [0.3, 0.4) is 0 Å². The van der Waals surface area contributed by atoms with Crippen molar-refractivity contribution in [3.05, 3.63) is 54.6 Å². The van der Waals surface area contributed by atoms with Crippen LogP contribution in [0.2, 0.25) is 0 Å². The lowest BCUT2D eigenvalue weighted by molar-refractivity contribution is -0.127. The van der Waals surface area contributed by atoms with Crippen molar-refractivity contribution < 1.29 is 14.3 Å². The van der Waals surface area contributed by atoms with Crippen LogP contribution in [0.5, 0.6) is 5.75 Å². The Kier molecular flexibility index (Phi) is 6.83. The molecule has 126 valence electrons. The van der Waals surface area contributed by atoms with Crippen LogP contribution in [-0.2, 0) is 9.59 Å². The Balaban J connectivity index is 1.88. The van der Waals surface area contributed by atoms with Crippen LogP contribution in [0.1, 0.15) is 13.3 Å². The summed E-state index contributed by atoms with van der Waals surface area (Å²) in [4.78, 5) is 23.3. The highest BCUT2D eigenvalue weighted by molar-refractivity contribution is 5.85. The summed E-state index contributed by atoms with van der Waals surface area (Å²) in [5.41, 5.74) is 1.94. The largest absolute Gasteiger partial charge is 0.483 e. The van der Waals surface area contributed by atoms with Crippen LogP contribution < -0.4 is 15.4 Å². The first-order valence-electron chi connectivity index (χ1n) is 8.01. The first-order chi connectivity index (χ1) is 11.7. The number of hydrogen-bond donors (Lipinski definition) is 2. The van der Waals surface area contributed by atoms with E-state index in [-0.39, 0.29) is 25.0 Å². The summed E-state index contributed by atoms with van der Waals surface area (Å²) in [6.45, 7) is 2.40. The third-order valence-corrected chi connectivity index (χ3v) is 3.35. The summed E-state index contributed by atoms with van der Waals surface area (Å²) in [5, 5.41) is 5.24. The number of para-hydroxylation sites is 1. The second-order valence-corrected chi connectivity index (χ2v) is 5.28. The van der Waals surface area contributed by atoms with E-state index in [4.69, 9.17) is 4.74 Å². The van der Waals surface area contributed by atoms with Crippen molar-refractivity contribution >= 4 is 11.8 Å². The van der Waals surface area contributed by atoms with Gasteiger partial charge >= 0.3 is 0 Å². The molecule has 2 aromatic carbocycles. The lowest BCUT2D eigenvalue weighted by Crippen LogP contribution is -2.39. The maximum atomic E-state index is 11.8. The van der Waals surface area contributed by atoms with Crippen molar-refractivity contribution in [3.63, 3.8) is 0 Å². The number of carbonyl (C=O) groups is 2. The van der Waals surface area contributed by atoms with Crippen LogP contribution in [-0.4, -0.2) is 31.5 Å². The highest BCUT2D eigenvalue weighted by atomic mass is 16.5. The zero-order valence-electron chi connectivity index (χ0n) is 13.7. The maximum Gasteiger partial charge on any atom is 0.258 e. The van der Waals surface area contributed by atoms with Crippen LogP contribution in [0.25, 0.3) is 11.1 Å². The molecule has 0 saturated heterocycles. The molecule has 0 heterocycles. The van der Waals surface area contributed by atoms with Crippen LogP contribution in [0, 0.1) is 0 Å². The first-order valence-corrected chi connectivity index (χ1v) is 8.01. The average Bonchev–Trinajstić information content (AvgIpc) is 2.64. The predicted octanol–water partition coefficient (Wildman–Crippen LogP) is 2.37. The molecular weight excluding hydrogens is 304 g/mol. The number of benzene rings is 2. The van der Waals surface area contributed by atoms with E-state index in [2.05, 4.69) is 10.6 Å². The number of amides is 2. The van der Waals surface area contributed by atoms with Crippen molar-refractivity contribution in [3.8, 4) is 16.9 Å². The molecule has 0 aliphatic rings. The van der Waals surface area contributed by atoms with Crippen molar-refractivity contribution in [1.29, 1.82) is 0 Å². The molecule has 24 heavy (non-hydrogen) atoms. The molecule has 0 atom stereocenters. The van der Waals surface area contributed by atoms with Gasteiger partial charge in [0.05, 0.1) is 6.54 Å². The van der Waals surface area contributed by atoms with Crippen LogP contribution >= 0.6 is 0 Å². The molecule has 5 heteroatoms. The molecule has 2 aromatic rings. The van der Waals surface area contributed by atoms with E-state index < -0.39 is 0 Å². The zero-order valence-corrected chi connectivity index (χ0v) is 13.7. The number of carbonyl (C=O) groups excluding carboxylic acids is 2. The topological polar surface area (TPSA) is 67.4 Å². The zero-order chi connectivity index (χ0) is 17.2. The van der Waals surface area contributed by atoms with Gasteiger partial charge in [-0.3, -0.25) is 9.59 Å². The fourth-order valence-corrected chi connectivity index (χ4v) is 2.15. The summed E-state index contributed by atoms with van der Waals surface area (Å²) < 4.78 is 5.62. The van der Waals surface area contributed by atoms with Crippen LogP contribution in [0.15, 0.2) is 54.6 Å². The van der Waals surface area contributed by atoms with Gasteiger partial charge in [0.1, 0.15) is 5.75 Å². The summed E-state index contributed by atoms with van der Waals surface area (Å²) >= 11 is 0. The van der Waals surface area contributed by atoms with Gasteiger partial charge in [-0.1, -0.05) is 55.5 Å². The number of rotatable bonds is 8. The van der Waals surface area contributed by atoms with E-state index in [0.717, 1.165) is 17.5 Å². The second-order valence-electron chi connectivity index (χ2n) is 5.28. The second kappa shape index (κ2) is 9.35. The highest BCUT2D eigenvalue weighted by Crippen LogP contribution is 2.29. The lowest BCUT2D eigenvalue weighted by atomic mass is 10.1. The average molecular weight is 326 g/mol. The summed E-state index contributed by atoms with van der Waals surface area (Å²) in [6.07, 6.45) is 0.860. The van der Waals surface area contributed by atoms with E-state index >= 15 is 0 Å². The van der Waals surface area contributed by atoms with E-state index in [1.807, 2.05) is 61.5 Å². The lowest BCUT2D eigenvalue weighted by Gasteiger charge is -2.12. The van der Waals surface area contributed by atoms with E-state index in [1.54, 1.807) is 0 Å². The molecule has 0 radical (unpaired) electrons. The van der Waals surface area contributed by atoms with E-state index in [9.17, 15) is 9.59 Å². The Bertz CT molecular complexity index is 671. The Morgan fingerprint density at radius 1 is 0.917 bits per heavy atom. The maximum absolute atomic E-state index is 11.8. The molecule has 2 amide bonds. The molecule has 0 aliphatic carbocycles. The number of ether oxygens (including phenoxy) is 1. The normalized spacial score (nSPS) is 10.0. The van der Waals surface area contributed by atoms with Crippen molar-refractivity contribution in [2.45, 2.75) is 13.3 Å². The monoisotopic (exact) mass is 326 g/mol. The fraction of sp³-hybridized carbons (Fsp3) is 0.263. The van der Waals surface area contributed by atoms with Crippen LogP contribution in [0.4, 0.5) is 0 Å². The molecule has 0 saturated carbocycles. The van der Waals surface area contributed by atoms with Crippen molar-refractivity contribution in [2.24, 2.45) is 0 Å². The third kappa shape index (κ3) is 5.43. The molecule has 2 rings (SSSR count). The molecule has 0 fully saturated rings. The Morgan fingerprint density at radius 2 is 1.62 bits per heavy atom. The molecule has 0 aromatic heterocycles. The smallest absolute Gasteiger partial charge is 0.258 e. The van der Waals surface area contributed by atoms with Gasteiger partial charge in [0.25, 0.3) is 5.91 Å². The summed E-state index contributed by atoms with van der Waals surface area (Å²) in [6, 6.07) is 17.4. The van der Waals surface area contributed by atoms with Gasteiger partial charge in [0.15, 0.2) is 6.61 Å². The molecule has 2 N–H and O–H groups in total. The first kappa shape index (κ1) is 17.5. The molecule has 0 spiro atoms. The molecule has 5 nitrogen and oxygen atoms in total. The third-order valence-electron chi connectivity index (χ3n) is 3.35. The van der Waals surface area contributed by atoms with Gasteiger partial charge in [-0.15, -0.1) is 0 Å². The van der Waals surface area contributed by atoms with Gasteiger partial charge in [0, 0.05) is 12.1 Å². The van der Waals surface area contributed by atoms with Gasteiger partial charge in [-0.2, -0.15) is 0 Å². The minimum Gasteiger partial charge on any atom is -0.483 e. The van der Waals surface area contributed by atoms with Gasteiger partial charge in [0.2, 0.25) is 5.91 Å². The standard InChI is InChI=1S/C19H22N2O3/c1-2-12-20-18(22)13-21-19(23)14-24-17-11-7-6-10-16(17)15-8-4-3-5-9-15/h3-11H,2,12-14H2,1H3,(H,20,22)(H,21,23). The minimum atomic E-state index is -0.329. The Hall–Kier alpha value is -2.82.